The summed E-state index contributed by atoms with van der Waals surface area (Å²) in [6.07, 6.45) is 0.187. The Kier molecular flexibility index (Phi) is 4.79. The van der Waals surface area contributed by atoms with Crippen LogP contribution in [0.15, 0.2) is 48.5 Å². The van der Waals surface area contributed by atoms with Gasteiger partial charge in [-0.25, -0.2) is 4.79 Å². The molecule has 2 aromatic rings. The van der Waals surface area contributed by atoms with Crippen molar-refractivity contribution in [2.45, 2.75) is 25.9 Å². The van der Waals surface area contributed by atoms with Crippen molar-refractivity contribution in [3.8, 4) is 0 Å². The van der Waals surface area contributed by atoms with Gasteiger partial charge in [0.1, 0.15) is 0 Å². The molecule has 3 rings (SSSR count). The zero-order chi connectivity index (χ0) is 17.8. The second-order valence-electron chi connectivity index (χ2n) is 5.75. The zero-order valence-electron chi connectivity index (χ0n) is 13.7. The van der Waals surface area contributed by atoms with Gasteiger partial charge in [-0.2, -0.15) is 0 Å². The van der Waals surface area contributed by atoms with E-state index < -0.39 is 23.9 Å². The molecule has 6 heteroatoms. The molecule has 1 atom stereocenters. The number of benzene rings is 2. The maximum atomic E-state index is 12.2. The Morgan fingerprint density at radius 3 is 2.52 bits per heavy atom. The average molecular weight is 338 g/mol. The van der Waals surface area contributed by atoms with Gasteiger partial charge in [-0.15, -0.1) is 0 Å². The smallest absolute Gasteiger partial charge is 0.339 e. The molecule has 1 unspecified atom stereocenters. The van der Waals surface area contributed by atoms with Gasteiger partial charge in [0, 0.05) is 12.0 Å². The van der Waals surface area contributed by atoms with Crippen LogP contribution >= 0.6 is 0 Å². The molecule has 6 nitrogen and oxygen atoms in total. The second kappa shape index (κ2) is 7.17. The predicted molar refractivity (Wildman–Crippen MR) is 90.8 cm³/mol. The molecule has 2 amide bonds. The Morgan fingerprint density at radius 1 is 1.08 bits per heavy atom. The number of aryl methyl sites for hydroxylation is 1. The third-order valence-corrected chi connectivity index (χ3v) is 4.11. The Bertz CT molecular complexity index is 814. The molecule has 0 fully saturated rings. The van der Waals surface area contributed by atoms with Crippen molar-refractivity contribution in [1.82, 2.24) is 10.9 Å². The van der Waals surface area contributed by atoms with Crippen LogP contribution in [-0.2, 0) is 22.4 Å². The zero-order valence-corrected chi connectivity index (χ0v) is 13.7. The van der Waals surface area contributed by atoms with Crippen molar-refractivity contribution < 1.29 is 19.1 Å². The SMILES string of the molecule is CCc1ccc(C(=O)NNC(=O)C2Cc3ccccc3C(=O)O2)cc1. The van der Waals surface area contributed by atoms with Crippen LogP contribution in [0.25, 0.3) is 0 Å². The number of nitrogens with one attached hydrogen (secondary N) is 2. The van der Waals surface area contributed by atoms with Gasteiger partial charge in [0.25, 0.3) is 11.8 Å². The van der Waals surface area contributed by atoms with Crippen LogP contribution in [0.1, 0.15) is 38.8 Å². The molecule has 1 aliphatic heterocycles. The van der Waals surface area contributed by atoms with E-state index in [-0.39, 0.29) is 6.42 Å². The monoisotopic (exact) mass is 338 g/mol. The minimum Gasteiger partial charge on any atom is -0.448 e. The molecule has 2 aromatic carbocycles. The Balaban J connectivity index is 1.59. The highest BCUT2D eigenvalue weighted by Crippen LogP contribution is 2.20. The molecule has 0 saturated heterocycles. The topological polar surface area (TPSA) is 84.5 Å². The number of amides is 2. The number of fused-ring (bicyclic) bond motifs is 1. The number of rotatable bonds is 3. The number of hydrazine groups is 1. The van der Waals surface area contributed by atoms with Gasteiger partial charge in [0.05, 0.1) is 5.56 Å². The van der Waals surface area contributed by atoms with Gasteiger partial charge in [-0.1, -0.05) is 37.3 Å². The van der Waals surface area contributed by atoms with Crippen LogP contribution in [0.3, 0.4) is 0 Å². The lowest BCUT2D eigenvalue weighted by atomic mass is 9.98. The molecule has 0 saturated carbocycles. The molecule has 0 aliphatic carbocycles. The lowest BCUT2D eigenvalue weighted by molar-refractivity contribution is -0.131. The lowest BCUT2D eigenvalue weighted by Crippen LogP contribution is -2.49. The molecule has 2 N–H and O–H groups in total. The predicted octanol–water partition coefficient (Wildman–Crippen LogP) is 1.79. The van der Waals surface area contributed by atoms with Gasteiger partial charge in [-0.05, 0) is 35.7 Å². The standard InChI is InChI=1S/C19H18N2O4/c1-2-12-7-9-13(10-8-12)17(22)20-21-18(23)16-11-14-5-3-4-6-15(14)19(24)25-16/h3-10,16H,2,11H2,1H3,(H,20,22)(H,21,23). The van der Waals surface area contributed by atoms with E-state index >= 15 is 0 Å². The average Bonchev–Trinajstić information content (AvgIpc) is 2.65. The minimum atomic E-state index is -0.967. The first-order valence-corrected chi connectivity index (χ1v) is 8.06. The van der Waals surface area contributed by atoms with Crippen molar-refractivity contribution in [2.24, 2.45) is 0 Å². The van der Waals surface area contributed by atoms with Crippen LogP contribution in [0.5, 0.6) is 0 Å². The Hall–Kier alpha value is -3.15. The van der Waals surface area contributed by atoms with Gasteiger partial charge in [-0.3, -0.25) is 20.4 Å². The van der Waals surface area contributed by atoms with E-state index in [0.717, 1.165) is 17.5 Å². The van der Waals surface area contributed by atoms with Crippen molar-refractivity contribution in [3.05, 3.63) is 70.8 Å². The molecule has 1 heterocycles. The highest BCUT2D eigenvalue weighted by molar-refractivity contribution is 5.98. The molecule has 25 heavy (non-hydrogen) atoms. The molecule has 0 radical (unpaired) electrons. The number of ether oxygens (including phenoxy) is 1. The summed E-state index contributed by atoms with van der Waals surface area (Å²) < 4.78 is 5.14. The summed E-state index contributed by atoms with van der Waals surface area (Å²) >= 11 is 0. The summed E-state index contributed by atoms with van der Waals surface area (Å²) in [6, 6.07) is 14.1. The van der Waals surface area contributed by atoms with Crippen molar-refractivity contribution in [3.63, 3.8) is 0 Å². The number of carbonyl (C=O) groups is 3. The van der Waals surface area contributed by atoms with Gasteiger partial charge >= 0.3 is 5.97 Å². The Morgan fingerprint density at radius 2 is 1.80 bits per heavy atom. The highest BCUT2D eigenvalue weighted by Gasteiger charge is 2.31. The van der Waals surface area contributed by atoms with E-state index in [1.807, 2.05) is 19.1 Å². The quantitative estimate of drug-likeness (QED) is 0.660. The second-order valence-corrected chi connectivity index (χ2v) is 5.75. The number of carbonyl (C=O) groups excluding carboxylic acids is 3. The highest BCUT2D eigenvalue weighted by atomic mass is 16.5. The molecule has 0 spiro atoms. The maximum Gasteiger partial charge on any atom is 0.339 e. The fourth-order valence-electron chi connectivity index (χ4n) is 2.64. The largest absolute Gasteiger partial charge is 0.448 e. The van der Waals surface area contributed by atoms with E-state index in [1.165, 1.54) is 0 Å². The van der Waals surface area contributed by atoms with E-state index in [2.05, 4.69) is 10.9 Å². The molecule has 1 aliphatic rings. The summed E-state index contributed by atoms with van der Waals surface area (Å²) in [5.74, 6) is -1.54. The van der Waals surface area contributed by atoms with Crippen molar-refractivity contribution >= 4 is 17.8 Å². The van der Waals surface area contributed by atoms with E-state index in [0.29, 0.717) is 11.1 Å². The first-order valence-electron chi connectivity index (χ1n) is 8.06. The normalized spacial score (nSPS) is 15.7. The first-order chi connectivity index (χ1) is 12.1. The van der Waals surface area contributed by atoms with E-state index in [1.54, 1.807) is 36.4 Å². The summed E-state index contributed by atoms with van der Waals surface area (Å²) in [4.78, 5) is 36.2. The number of hydrogen-bond donors (Lipinski definition) is 2. The molecular weight excluding hydrogens is 320 g/mol. The molecule has 0 bridgehead atoms. The summed E-state index contributed by atoms with van der Waals surface area (Å²) in [6.45, 7) is 2.03. The lowest BCUT2D eigenvalue weighted by Gasteiger charge is -2.23. The summed E-state index contributed by atoms with van der Waals surface area (Å²) in [5.41, 5.74) is 7.42. The van der Waals surface area contributed by atoms with Crippen LogP contribution in [0.4, 0.5) is 0 Å². The fraction of sp³-hybridized carbons (Fsp3) is 0.211. The van der Waals surface area contributed by atoms with Crippen molar-refractivity contribution in [2.75, 3.05) is 0 Å². The number of hydrogen-bond acceptors (Lipinski definition) is 4. The molecule has 128 valence electrons. The third kappa shape index (κ3) is 3.68. The van der Waals surface area contributed by atoms with Crippen molar-refractivity contribution in [1.29, 1.82) is 0 Å². The van der Waals surface area contributed by atoms with Gasteiger partial charge in [0.2, 0.25) is 0 Å². The van der Waals surface area contributed by atoms with Gasteiger partial charge in [0.15, 0.2) is 6.10 Å². The Labute approximate surface area is 145 Å². The number of esters is 1. The first kappa shape index (κ1) is 16.7. The molecule has 0 aromatic heterocycles. The fourth-order valence-corrected chi connectivity index (χ4v) is 2.64. The van der Waals surface area contributed by atoms with E-state index in [9.17, 15) is 14.4 Å². The minimum absolute atomic E-state index is 0.273. The summed E-state index contributed by atoms with van der Waals surface area (Å²) in [5, 5.41) is 0. The van der Waals surface area contributed by atoms with Crippen LogP contribution < -0.4 is 10.9 Å². The number of cyclic esters (lactones) is 1. The third-order valence-electron chi connectivity index (χ3n) is 4.11. The van der Waals surface area contributed by atoms with Crippen LogP contribution in [0, 0.1) is 0 Å². The van der Waals surface area contributed by atoms with Crippen LogP contribution in [-0.4, -0.2) is 23.9 Å². The van der Waals surface area contributed by atoms with E-state index in [4.69, 9.17) is 4.74 Å². The molecular formula is C19H18N2O4. The maximum absolute atomic E-state index is 12.2. The summed E-state index contributed by atoms with van der Waals surface area (Å²) in [7, 11) is 0. The van der Waals surface area contributed by atoms with Gasteiger partial charge < -0.3 is 4.74 Å². The van der Waals surface area contributed by atoms with Crippen LogP contribution in [0.2, 0.25) is 0 Å².